The third-order valence-corrected chi connectivity index (χ3v) is 7.16. The predicted molar refractivity (Wildman–Crippen MR) is 132 cm³/mol. The van der Waals surface area contributed by atoms with E-state index in [9.17, 15) is 0 Å². The topological polar surface area (TPSA) is 59.7 Å². The first-order valence-electron chi connectivity index (χ1n) is 12.4. The predicted octanol–water partition coefficient (Wildman–Crippen LogP) is 5.33. The van der Waals surface area contributed by atoms with Gasteiger partial charge in [0.25, 0.3) is 0 Å². The van der Waals surface area contributed by atoms with Gasteiger partial charge >= 0.3 is 0 Å². The molecule has 1 fully saturated rings. The van der Waals surface area contributed by atoms with E-state index in [-0.39, 0.29) is 0 Å². The largest absolute Gasteiger partial charge is 0.294 e. The SMILES string of the molecule is c1ccc(-n2cc(CN3CCc4nc(C5CCCCC5)ncc4C3)c(-c3ccncc3)n2)cc1. The zero-order chi connectivity index (χ0) is 22.7. The summed E-state index contributed by atoms with van der Waals surface area (Å²) in [6.45, 7) is 2.72. The molecule has 0 saturated heterocycles. The van der Waals surface area contributed by atoms with Crippen molar-refractivity contribution in [3.63, 3.8) is 0 Å². The van der Waals surface area contributed by atoms with Crippen LogP contribution in [0.4, 0.5) is 0 Å². The van der Waals surface area contributed by atoms with Gasteiger partial charge in [-0.25, -0.2) is 14.6 Å². The van der Waals surface area contributed by atoms with Gasteiger partial charge in [0.1, 0.15) is 5.82 Å². The van der Waals surface area contributed by atoms with Crippen LogP contribution in [0.1, 0.15) is 60.7 Å². The minimum atomic E-state index is 0.559. The third kappa shape index (κ3) is 4.38. The number of benzene rings is 1. The Labute approximate surface area is 200 Å². The Morgan fingerprint density at radius 2 is 1.76 bits per heavy atom. The van der Waals surface area contributed by atoms with Crippen molar-refractivity contribution in [1.29, 1.82) is 0 Å². The summed E-state index contributed by atoms with van der Waals surface area (Å²) >= 11 is 0. The zero-order valence-corrected chi connectivity index (χ0v) is 19.5. The van der Waals surface area contributed by atoms with Crippen molar-refractivity contribution < 1.29 is 0 Å². The van der Waals surface area contributed by atoms with Crippen LogP contribution < -0.4 is 0 Å². The van der Waals surface area contributed by atoms with Crippen molar-refractivity contribution >= 4 is 0 Å². The maximum absolute atomic E-state index is 5.03. The van der Waals surface area contributed by atoms with Crippen LogP contribution in [0.2, 0.25) is 0 Å². The standard InChI is InChI=1S/C28H30N6/c1-3-7-22(8-4-1)28-30-17-23-18-33(16-13-26(23)31-28)19-24-20-34(25-9-5-2-6-10-25)32-27(24)21-11-14-29-15-12-21/h2,5-6,9-12,14-15,17,20,22H,1,3-4,7-8,13,16,18-19H2. The first-order chi connectivity index (χ1) is 16.8. The summed E-state index contributed by atoms with van der Waals surface area (Å²) in [7, 11) is 0. The molecule has 6 nitrogen and oxygen atoms in total. The highest BCUT2D eigenvalue weighted by Gasteiger charge is 2.24. The lowest BCUT2D eigenvalue weighted by atomic mass is 9.88. The van der Waals surface area contributed by atoms with Crippen molar-refractivity contribution in [1.82, 2.24) is 29.6 Å². The average molecular weight is 451 g/mol. The summed E-state index contributed by atoms with van der Waals surface area (Å²) in [6.07, 6.45) is 15.4. The molecule has 1 saturated carbocycles. The zero-order valence-electron chi connectivity index (χ0n) is 19.5. The van der Waals surface area contributed by atoms with Gasteiger partial charge in [-0.05, 0) is 37.1 Å². The minimum absolute atomic E-state index is 0.559. The molecule has 0 amide bonds. The molecule has 4 aromatic rings. The number of fused-ring (bicyclic) bond motifs is 1. The van der Waals surface area contributed by atoms with Gasteiger partial charge in [-0.1, -0.05) is 37.5 Å². The number of rotatable bonds is 5. The monoisotopic (exact) mass is 450 g/mol. The van der Waals surface area contributed by atoms with Crippen LogP contribution in [0.3, 0.4) is 0 Å². The van der Waals surface area contributed by atoms with Crippen LogP contribution in [-0.2, 0) is 19.5 Å². The summed E-state index contributed by atoms with van der Waals surface area (Å²) < 4.78 is 1.99. The van der Waals surface area contributed by atoms with E-state index in [1.54, 1.807) is 0 Å². The van der Waals surface area contributed by atoms with Crippen molar-refractivity contribution in [2.24, 2.45) is 0 Å². The number of aromatic nitrogens is 5. The van der Waals surface area contributed by atoms with Crippen molar-refractivity contribution in [3.05, 3.63) is 89.9 Å². The lowest BCUT2D eigenvalue weighted by Crippen LogP contribution is -2.31. The van der Waals surface area contributed by atoms with Crippen molar-refractivity contribution in [2.75, 3.05) is 6.54 Å². The molecule has 0 atom stereocenters. The van der Waals surface area contributed by atoms with Crippen LogP contribution in [0.15, 0.2) is 67.3 Å². The minimum Gasteiger partial charge on any atom is -0.294 e. The van der Waals surface area contributed by atoms with E-state index >= 15 is 0 Å². The molecule has 172 valence electrons. The maximum atomic E-state index is 5.03. The second kappa shape index (κ2) is 9.47. The molecule has 6 heteroatoms. The van der Waals surface area contributed by atoms with Gasteiger partial charge in [0.2, 0.25) is 0 Å². The molecule has 1 aliphatic carbocycles. The number of hydrogen-bond acceptors (Lipinski definition) is 5. The molecule has 2 aliphatic rings. The van der Waals surface area contributed by atoms with Gasteiger partial charge in [0, 0.05) is 79.1 Å². The highest BCUT2D eigenvalue weighted by molar-refractivity contribution is 5.62. The van der Waals surface area contributed by atoms with E-state index in [1.807, 2.05) is 47.4 Å². The number of para-hydroxylation sites is 1. The van der Waals surface area contributed by atoms with Crippen LogP contribution in [-0.4, -0.2) is 36.2 Å². The summed E-state index contributed by atoms with van der Waals surface area (Å²) in [6, 6.07) is 14.4. The molecule has 6 rings (SSSR count). The highest BCUT2D eigenvalue weighted by Crippen LogP contribution is 2.32. The van der Waals surface area contributed by atoms with Gasteiger partial charge in [0.15, 0.2) is 0 Å². The average Bonchev–Trinajstić information content (AvgIpc) is 3.33. The molecule has 4 heterocycles. The lowest BCUT2D eigenvalue weighted by molar-refractivity contribution is 0.242. The summed E-state index contributed by atoms with van der Waals surface area (Å²) in [5.41, 5.74) is 6.92. The first kappa shape index (κ1) is 21.2. The van der Waals surface area contributed by atoms with E-state index < -0.39 is 0 Å². The van der Waals surface area contributed by atoms with Crippen LogP contribution in [0.25, 0.3) is 16.9 Å². The second-order valence-electron chi connectivity index (χ2n) is 9.51. The molecule has 1 aliphatic heterocycles. The van der Waals surface area contributed by atoms with Crippen molar-refractivity contribution in [2.45, 2.75) is 57.5 Å². The Morgan fingerprint density at radius 1 is 0.941 bits per heavy atom. The highest BCUT2D eigenvalue weighted by atomic mass is 15.3. The molecule has 34 heavy (non-hydrogen) atoms. The van der Waals surface area contributed by atoms with E-state index in [0.717, 1.165) is 48.8 Å². The van der Waals surface area contributed by atoms with E-state index in [2.05, 4.69) is 34.4 Å². The Morgan fingerprint density at radius 3 is 2.59 bits per heavy atom. The van der Waals surface area contributed by atoms with Gasteiger partial charge < -0.3 is 0 Å². The summed E-state index contributed by atoms with van der Waals surface area (Å²) in [5, 5.41) is 4.96. The Balaban J connectivity index is 1.25. The van der Waals surface area contributed by atoms with Gasteiger partial charge in [0.05, 0.1) is 11.4 Å². The number of pyridine rings is 1. The fourth-order valence-electron chi connectivity index (χ4n) is 5.31. The van der Waals surface area contributed by atoms with Crippen LogP contribution in [0.5, 0.6) is 0 Å². The summed E-state index contributed by atoms with van der Waals surface area (Å²) in [4.78, 5) is 16.5. The fraction of sp³-hybridized carbons (Fsp3) is 0.357. The van der Waals surface area contributed by atoms with Crippen LogP contribution >= 0.6 is 0 Å². The number of nitrogens with zero attached hydrogens (tertiary/aromatic N) is 6. The molecule has 0 unspecified atom stereocenters. The maximum Gasteiger partial charge on any atom is 0.131 e. The molecule has 0 bridgehead atoms. The molecule has 0 radical (unpaired) electrons. The van der Waals surface area contributed by atoms with Gasteiger partial charge in [-0.15, -0.1) is 0 Å². The quantitative estimate of drug-likeness (QED) is 0.411. The third-order valence-electron chi connectivity index (χ3n) is 7.16. The molecular weight excluding hydrogens is 420 g/mol. The Hall–Kier alpha value is -3.38. The molecule has 0 N–H and O–H groups in total. The Kier molecular flexibility index (Phi) is 5.90. The normalized spacial score (nSPS) is 16.9. The lowest BCUT2D eigenvalue weighted by Gasteiger charge is -2.29. The van der Waals surface area contributed by atoms with E-state index in [4.69, 9.17) is 15.1 Å². The molecular formula is C28H30N6. The number of hydrogen-bond donors (Lipinski definition) is 0. The van der Waals surface area contributed by atoms with Crippen LogP contribution in [0, 0.1) is 0 Å². The van der Waals surface area contributed by atoms with E-state index in [0.29, 0.717) is 5.92 Å². The summed E-state index contributed by atoms with van der Waals surface area (Å²) in [5.74, 6) is 1.64. The first-order valence-corrected chi connectivity index (χ1v) is 12.4. The molecule has 1 aromatic carbocycles. The fourth-order valence-corrected chi connectivity index (χ4v) is 5.31. The van der Waals surface area contributed by atoms with Gasteiger partial charge in [-0.2, -0.15) is 5.10 Å². The smallest absolute Gasteiger partial charge is 0.131 e. The van der Waals surface area contributed by atoms with Crippen molar-refractivity contribution in [3.8, 4) is 16.9 Å². The van der Waals surface area contributed by atoms with E-state index in [1.165, 1.54) is 48.9 Å². The Bertz CT molecular complexity index is 1240. The molecule has 3 aromatic heterocycles. The second-order valence-corrected chi connectivity index (χ2v) is 9.51. The van der Waals surface area contributed by atoms with Gasteiger partial charge in [-0.3, -0.25) is 9.88 Å². The molecule has 0 spiro atoms.